The first kappa shape index (κ1) is 17.7. The fourth-order valence-corrected chi connectivity index (χ4v) is 2.15. The quantitative estimate of drug-likeness (QED) is 0.816. The van der Waals surface area contributed by atoms with Crippen molar-refractivity contribution in [1.29, 1.82) is 0 Å². The van der Waals surface area contributed by atoms with E-state index in [2.05, 4.69) is 5.32 Å². The third-order valence-corrected chi connectivity index (χ3v) is 3.34. The summed E-state index contributed by atoms with van der Waals surface area (Å²) in [6.45, 7) is 4.46. The maximum atomic E-state index is 12.3. The van der Waals surface area contributed by atoms with E-state index < -0.39 is 5.97 Å². The summed E-state index contributed by atoms with van der Waals surface area (Å²) in [6, 6.07) is 14.0. The van der Waals surface area contributed by atoms with Gasteiger partial charge in [-0.25, -0.2) is 0 Å². The van der Waals surface area contributed by atoms with E-state index in [9.17, 15) is 9.59 Å². The van der Waals surface area contributed by atoms with Crippen LogP contribution in [0.4, 0.5) is 5.69 Å². The van der Waals surface area contributed by atoms with E-state index in [0.29, 0.717) is 23.4 Å². The number of benzene rings is 2. The molecule has 0 aromatic heterocycles. The molecular formula is C19H21NO4. The smallest absolute Gasteiger partial charge is 0.307 e. The van der Waals surface area contributed by atoms with Crippen molar-refractivity contribution < 1.29 is 19.4 Å². The number of ether oxygens (including phenoxy) is 1. The molecule has 0 heterocycles. The highest BCUT2D eigenvalue weighted by Crippen LogP contribution is 2.14. The molecule has 0 fully saturated rings. The van der Waals surface area contributed by atoms with Gasteiger partial charge in [0.25, 0.3) is 5.91 Å². The van der Waals surface area contributed by atoms with E-state index in [1.165, 1.54) is 0 Å². The molecule has 2 rings (SSSR count). The summed E-state index contributed by atoms with van der Waals surface area (Å²) in [5, 5.41) is 11.6. The van der Waals surface area contributed by atoms with E-state index in [1.807, 2.05) is 26.0 Å². The van der Waals surface area contributed by atoms with Crippen LogP contribution in [0.1, 0.15) is 35.3 Å². The lowest BCUT2D eigenvalue weighted by Gasteiger charge is -2.09. The molecule has 0 radical (unpaired) electrons. The van der Waals surface area contributed by atoms with E-state index >= 15 is 0 Å². The van der Waals surface area contributed by atoms with Crippen LogP contribution in [0.5, 0.6) is 0 Å². The second-order valence-electron chi connectivity index (χ2n) is 5.78. The molecule has 5 heteroatoms. The van der Waals surface area contributed by atoms with Gasteiger partial charge in [0.15, 0.2) is 0 Å². The lowest BCUT2D eigenvalue weighted by atomic mass is 10.1. The topological polar surface area (TPSA) is 75.6 Å². The van der Waals surface area contributed by atoms with Gasteiger partial charge in [-0.1, -0.05) is 24.3 Å². The van der Waals surface area contributed by atoms with Gasteiger partial charge in [-0.2, -0.15) is 0 Å². The van der Waals surface area contributed by atoms with Crippen LogP contribution < -0.4 is 5.32 Å². The standard InChI is InChI=1S/C19H21NO4/c1-13(2)24-12-14-6-8-16(9-7-14)19(23)20-17-5-3-4-15(10-17)11-18(21)22/h3-10,13H,11-12H2,1-2H3,(H,20,23)(H,21,22). The van der Waals surface area contributed by atoms with Gasteiger partial charge in [-0.15, -0.1) is 0 Å². The van der Waals surface area contributed by atoms with Crippen LogP contribution >= 0.6 is 0 Å². The van der Waals surface area contributed by atoms with E-state index in [4.69, 9.17) is 9.84 Å². The summed E-state index contributed by atoms with van der Waals surface area (Å²) >= 11 is 0. The zero-order valence-corrected chi connectivity index (χ0v) is 13.8. The second-order valence-corrected chi connectivity index (χ2v) is 5.78. The molecule has 126 valence electrons. The zero-order chi connectivity index (χ0) is 17.5. The van der Waals surface area contributed by atoms with E-state index in [-0.39, 0.29) is 18.4 Å². The fraction of sp³-hybridized carbons (Fsp3) is 0.263. The third kappa shape index (κ3) is 5.52. The van der Waals surface area contributed by atoms with Crippen LogP contribution in [0.25, 0.3) is 0 Å². The first-order chi connectivity index (χ1) is 11.4. The van der Waals surface area contributed by atoms with Crippen LogP contribution in [0.2, 0.25) is 0 Å². The summed E-state index contributed by atoms with van der Waals surface area (Å²) in [5.41, 5.74) is 2.75. The van der Waals surface area contributed by atoms with Crippen molar-refractivity contribution in [2.45, 2.75) is 33.0 Å². The minimum Gasteiger partial charge on any atom is -0.481 e. The monoisotopic (exact) mass is 327 g/mol. The number of carboxylic acid groups (broad SMARTS) is 1. The van der Waals surface area contributed by atoms with Gasteiger partial charge in [0, 0.05) is 11.3 Å². The fourth-order valence-electron chi connectivity index (χ4n) is 2.15. The molecule has 2 aromatic rings. The molecule has 2 N–H and O–H groups in total. The van der Waals surface area contributed by atoms with Crippen LogP contribution in [-0.2, 0) is 22.6 Å². The maximum Gasteiger partial charge on any atom is 0.307 e. The Bertz CT molecular complexity index is 708. The molecule has 0 spiro atoms. The highest BCUT2D eigenvalue weighted by molar-refractivity contribution is 6.04. The maximum absolute atomic E-state index is 12.3. The van der Waals surface area contributed by atoms with Gasteiger partial charge in [0.1, 0.15) is 0 Å². The van der Waals surface area contributed by atoms with Gasteiger partial charge < -0.3 is 15.2 Å². The van der Waals surface area contributed by atoms with Gasteiger partial charge in [-0.3, -0.25) is 9.59 Å². The Kier molecular flexibility index (Phi) is 6.09. The average molecular weight is 327 g/mol. The highest BCUT2D eigenvalue weighted by Gasteiger charge is 2.08. The molecule has 0 aliphatic rings. The van der Waals surface area contributed by atoms with Crippen molar-refractivity contribution in [3.63, 3.8) is 0 Å². The Morgan fingerprint density at radius 3 is 2.42 bits per heavy atom. The molecule has 0 bridgehead atoms. The van der Waals surface area contributed by atoms with Crippen LogP contribution in [-0.4, -0.2) is 23.1 Å². The predicted molar refractivity (Wildman–Crippen MR) is 92.1 cm³/mol. The molecule has 24 heavy (non-hydrogen) atoms. The molecule has 0 atom stereocenters. The molecular weight excluding hydrogens is 306 g/mol. The number of anilines is 1. The number of hydrogen-bond donors (Lipinski definition) is 2. The summed E-state index contributed by atoms with van der Waals surface area (Å²) in [5.74, 6) is -1.14. The second kappa shape index (κ2) is 8.26. The van der Waals surface area contributed by atoms with Gasteiger partial charge in [0.05, 0.1) is 19.1 Å². The normalized spacial score (nSPS) is 10.6. The first-order valence-corrected chi connectivity index (χ1v) is 7.76. The molecule has 0 unspecified atom stereocenters. The molecule has 5 nitrogen and oxygen atoms in total. The van der Waals surface area contributed by atoms with E-state index in [0.717, 1.165) is 5.56 Å². The lowest BCUT2D eigenvalue weighted by molar-refractivity contribution is -0.136. The third-order valence-electron chi connectivity index (χ3n) is 3.34. The Labute approximate surface area is 141 Å². The summed E-state index contributed by atoms with van der Waals surface area (Å²) in [4.78, 5) is 23.0. The molecule has 1 amide bonds. The Morgan fingerprint density at radius 1 is 1.08 bits per heavy atom. The van der Waals surface area contributed by atoms with Crippen molar-refractivity contribution in [3.05, 3.63) is 65.2 Å². The minimum atomic E-state index is -0.905. The number of aliphatic carboxylic acids is 1. The van der Waals surface area contributed by atoms with Gasteiger partial charge in [-0.05, 0) is 49.2 Å². The highest BCUT2D eigenvalue weighted by atomic mass is 16.5. The number of amides is 1. The van der Waals surface area contributed by atoms with Crippen LogP contribution in [0.15, 0.2) is 48.5 Å². The Hall–Kier alpha value is -2.66. The minimum absolute atomic E-state index is 0.0751. The van der Waals surface area contributed by atoms with Crippen LogP contribution in [0.3, 0.4) is 0 Å². The Morgan fingerprint density at radius 2 is 1.79 bits per heavy atom. The molecule has 0 aliphatic carbocycles. The molecule has 2 aromatic carbocycles. The van der Waals surface area contributed by atoms with Crippen molar-refractivity contribution in [2.75, 3.05) is 5.32 Å². The largest absolute Gasteiger partial charge is 0.481 e. The van der Waals surface area contributed by atoms with Crippen LogP contribution in [0, 0.1) is 0 Å². The SMILES string of the molecule is CC(C)OCc1ccc(C(=O)Nc2cccc(CC(=O)O)c2)cc1. The zero-order valence-electron chi connectivity index (χ0n) is 13.8. The number of carbonyl (C=O) groups is 2. The van der Waals surface area contributed by atoms with Crippen molar-refractivity contribution in [1.82, 2.24) is 0 Å². The number of hydrogen-bond acceptors (Lipinski definition) is 3. The van der Waals surface area contributed by atoms with Crippen molar-refractivity contribution in [3.8, 4) is 0 Å². The van der Waals surface area contributed by atoms with Gasteiger partial charge in [0.2, 0.25) is 0 Å². The number of carboxylic acids is 1. The summed E-state index contributed by atoms with van der Waals surface area (Å²) in [7, 11) is 0. The Balaban J connectivity index is 2.00. The number of carbonyl (C=O) groups excluding carboxylic acids is 1. The average Bonchev–Trinajstić information content (AvgIpc) is 2.53. The van der Waals surface area contributed by atoms with Crippen molar-refractivity contribution >= 4 is 17.6 Å². The van der Waals surface area contributed by atoms with E-state index in [1.54, 1.807) is 36.4 Å². The summed E-state index contributed by atoms with van der Waals surface area (Å²) < 4.78 is 5.52. The molecule has 0 saturated carbocycles. The predicted octanol–water partition coefficient (Wildman–Crippen LogP) is 3.49. The number of rotatable bonds is 7. The number of nitrogens with one attached hydrogen (secondary N) is 1. The summed E-state index contributed by atoms with van der Waals surface area (Å²) in [6.07, 6.45) is 0.0832. The lowest BCUT2D eigenvalue weighted by Crippen LogP contribution is -2.12. The molecule has 0 saturated heterocycles. The van der Waals surface area contributed by atoms with Gasteiger partial charge >= 0.3 is 5.97 Å². The van der Waals surface area contributed by atoms with Crippen molar-refractivity contribution in [2.24, 2.45) is 0 Å². The first-order valence-electron chi connectivity index (χ1n) is 7.76. The molecule has 0 aliphatic heterocycles.